The van der Waals surface area contributed by atoms with Crippen LogP contribution in [0.4, 0.5) is 0 Å². The molecule has 1 aliphatic heterocycles. The summed E-state index contributed by atoms with van der Waals surface area (Å²) in [4.78, 5) is 37.4. The van der Waals surface area contributed by atoms with E-state index < -0.39 is 34.4 Å². The number of carbonyl (C=O) groups excluding carboxylic acids is 3. The number of amides is 2. The van der Waals surface area contributed by atoms with Crippen molar-refractivity contribution >= 4 is 24.9 Å². The van der Waals surface area contributed by atoms with E-state index in [-0.39, 0.29) is 24.9 Å². The lowest BCUT2D eigenvalue weighted by atomic mass is 9.68. The first-order valence-electron chi connectivity index (χ1n) is 11.6. The summed E-state index contributed by atoms with van der Waals surface area (Å²) in [6.07, 6.45) is 2.39. The topological polar surface area (TPSA) is 103 Å². The molecule has 32 heavy (non-hydrogen) atoms. The maximum atomic E-state index is 13.5. The summed E-state index contributed by atoms with van der Waals surface area (Å²) >= 11 is 0. The summed E-state index contributed by atoms with van der Waals surface area (Å²) in [5.74, 6) is -0.994. The molecule has 2 N–H and O–H groups in total. The highest BCUT2D eigenvalue weighted by atomic mass is 16.7. The van der Waals surface area contributed by atoms with Gasteiger partial charge in [0.05, 0.1) is 11.2 Å². The van der Waals surface area contributed by atoms with E-state index in [1.54, 1.807) is 0 Å². The van der Waals surface area contributed by atoms with Gasteiger partial charge in [-0.25, -0.2) is 0 Å². The van der Waals surface area contributed by atoms with E-state index in [1.165, 1.54) is 13.8 Å². The molecule has 1 aliphatic carbocycles. The van der Waals surface area contributed by atoms with Gasteiger partial charge in [-0.2, -0.15) is 0 Å². The van der Waals surface area contributed by atoms with Crippen molar-refractivity contribution in [1.82, 2.24) is 10.6 Å². The third-order valence-electron chi connectivity index (χ3n) is 6.71. The van der Waals surface area contributed by atoms with Crippen molar-refractivity contribution in [2.75, 3.05) is 0 Å². The number of ether oxygens (including phenoxy) is 1. The van der Waals surface area contributed by atoms with Crippen LogP contribution in [0, 0.1) is 5.92 Å². The Hall–Kier alpha value is -1.61. The Morgan fingerprint density at radius 1 is 1.03 bits per heavy atom. The lowest BCUT2D eigenvalue weighted by molar-refractivity contribution is -0.161. The molecule has 8 nitrogen and oxygen atoms in total. The molecule has 3 atom stereocenters. The maximum absolute atomic E-state index is 13.5. The summed E-state index contributed by atoms with van der Waals surface area (Å²) in [7, 11) is -0.315. The highest BCUT2D eigenvalue weighted by molar-refractivity contribution is 6.45. The Balaban J connectivity index is 2.22. The molecular formula is C23H41BN2O6. The number of carbonyl (C=O) groups is 3. The van der Waals surface area contributed by atoms with E-state index in [9.17, 15) is 14.4 Å². The van der Waals surface area contributed by atoms with Crippen LogP contribution in [-0.2, 0) is 28.4 Å². The molecule has 0 unspecified atom stereocenters. The normalized spacial score (nSPS) is 29.3. The van der Waals surface area contributed by atoms with Crippen molar-refractivity contribution in [1.29, 1.82) is 0 Å². The SMILES string of the molecule is CC(=O)N[C@]1(C(=O)NC(C)(C)C)C[C@H](CCB2OC(C)(C)C(C)(C)O2)CC[C@H]1OC(C)=O. The third-order valence-corrected chi connectivity index (χ3v) is 6.71. The molecule has 1 saturated carbocycles. The second-order valence-electron chi connectivity index (χ2n) is 11.4. The van der Waals surface area contributed by atoms with E-state index >= 15 is 0 Å². The van der Waals surface area contributed by atoms with Gasteiger partial charge in [-0.05, 0) is 80.0 Å². The summed E-state index contributed by atoms with van der Waals surface area (Å²) in [5.41, 5.74) is -2.60. The van der Waals surface area contributed by atoms with E-state index in [0.717, 1.165) is 12.8 Å². The molecule has 1 saturated heterocycles. The average Bonchev–Trinajstić information content (AvgIpc) is 2.79. The second-order valence-corrected chi connectivity index (χ2v) is 11.4. The Bertz CT molecular complexity index is 716. The van der Waals surface area contributed by atoms with Crippen LogP contribution in [0.25, 0.3) is 0 Å². The Labute approximate surface area is 193 Å². The van der Waals surface area contributed by atoms with Crippen LogP contribution < -0.4 is 10.6 Å². The monoisotopic (exact) mass is 452 g/mol. The van der Waals surface area contributed by atoms with Crippen molar-refractivity contribution in [3.05, 3.63) is 0 Å². The van der Waals surface area contributed by atoms with Crippen molar-refractivity contribution in [3.63, 3.8) is 0 Å². The minimum atomic E-state index is -1.32. The van der Waals surface area contributed by atoms with Gasteiger partial charge in [0, 0.05) is 19.4 Å². The van der Waals surface area contributed by atoms with Gasteiger partial charge in [0.2, 0.25) is 11.8 Å². The van der Waals surface area contributed by atoms with Gasteiger partial charge in [-0.15, -0.1) is 0 Å². The molecule has 2 fully saturated rings. The van der Waals surface area contributed by atoms with Crippen LogP contribution in [-0.4, -0.2) is 53.3 Å². The van der Waals surface area contributed by atoms with Crippen molar-refractivity contribution in [2.24, 2.45) is 5.92 Å². The maximum Gasteiger partial charge on any atom is 0.457 e. The standard InChI is InChI=1S/C23H41BN2O6/c1-15(27)25-23(19(29)26-20(3,4)5)14-17(10-11-18(23)30-16(2)28)12-13-24-31-21(6,7)22(8,9)32-24/h17-18H,10-14H2,1-9H3,(H,25,27)(H,26,29)/t17-,18+,23+/m0/s1. The van der Waals surface area contributed by atoms with Crippen molar-refractivity contribution < 1.29 is 28.4 Å². The van der Waals surface area contributed by atoms with Gasteiger partial charge in [0.25, 0.3) is 0 Å². The minimum absolute atomic E-state index is 0.137. The van der Waals surface area contributed by atoms with Crippen LogP contribution in [0.3, 0.4) is 0 Å². The van der Waals surface area contributed by atoms with Crippen LogP contribution in [0.2, 0.25) is 6.32 Å². The minimum Gasteiger partial charge on any atom is -0.459 e. The number of hydrogen-bond donors (Lipinski definition) is 2. The van der Waals surface area contributed by atoms with Crippen molar-refractivity contribution in [2.45, 2.75) is 123 Å². The van der Waals surface area contributed by atoms with Gasteiger partial charge in [-0.3, -0.25) is 14.4 Å². The quantitative estimate of drug-likeness (QED) is 0.475. The number of rotatable bonds is 6. The highest BCUT2D eigenvalue weighted by Gasteiger charge is 2.54. The molecule has 2 aliphatic rings. The zero-order valence-corrected chi connectivity index (χ0v) is 21.2. The van der Waals surface area contributed by atoms with Crippen LogP contribution in [0.1, 0.15) is 88.0 Å². The predicted octanol–water partition coefficient (Wildman–Crippen LogP) is 2.99. The zero-order valence-electron chi connectivity index (χ0n) is 21.2. The molecule has 9 heteroatoms. The summed E-state index contributed by atoms with van der Waals surface area (Å²) < 4.78 is 17.8. The third kappa shape index (κ3) is 6.25. The molecule has 0 spiro atoms. The van der Waals surface area contributed by atoms with E-state index in [2.05, 4.69) is 10.6 Å². The smallest absolute Gasteiger partial charge is 0.457 e. The Morgan fingerprint density at radius 3 is 2.06 bits per heavy atom. The summed E-state index contributed by atoms with van der Waals surface area (Å²) in [6.45, 7) is 16.4. The first-order valence-corrected chi connectivity index (χ1v) is 11.6. The van der Waals surface area contributed by atoms with Gasteiger partial charge in [-0.1, -0.05) is 6.42 Å². The Kier molecular flexibility index (Phi) is 7.77. The number of nitrogens with one attached hydrogen (secondary N) is 2. The lowest BCUT2D eigenvalue weighted by Gasteiger charge is -2.46. The van der Waals surface area contributed by atoms with Gasteiger partial charge < -0.3 is 24.7 Å². The summed E-state index contributed by atoms with van der Waals surface area (Å²) in [6, 6.07) is 0. The molecular weight excluding hydrogens is 411 g/mol. The molecule has 0 aromatic heterocycles. The molecule has 2 rings (SSSR count). The zero-order chi connectivity index (χ0) is 24.5. The Morgan fingerprint density at radius 2 is 1.59 bits per heavy atom. The number of esters is 1. The first-order chi connectivity index (χ1) is 14.5. The molecule has 1 heterocycles. The summed E-state index contributed by atoms with van der Waals surface area (Å²) in [5, 5.41) is 5.85. The molecule has 0 bridgehead atoms. The van der Waals surface area contributed by atoms with E-state index in [0.29, 0.717) is 19.2 Å². The van der Waals surface area contributed by atoms with E-state index in [1.807, 2.05) is 48.5 Å². The predicted molar refractivity (Wildman–Crippen MR) is 123 cm³/mol. The molecule has 182 valence electrons. The molecule has 0 aromatic carbocycles. The fraction of sp³-hybridized carbons (Fsp3) is 0.870. The largest absolute Gasteiger partial charge is 0.459 e. The molecule has 0 aromatic rings. The second kappa shape index (κ2) is 9.33. The average molecular weight is 452 g/mol. The van der Waals surface area contributed by atoms with Gasteiger partial charge >= 0.3 is 13.1 Å². The van der Waals surface area contributed by atoms with Crippen LogP contribution in [0.5, 0.6) is 0 Å². The van der Waals surface area contributed by atoms with Crippen molar-refractivity contribution in [3.8, 4) is 0 Å². The molecule has 0 radical (unpaired) electrons. The molecule has 2 amide bonds. The van der Waals surface area contributed by atoms with Crippen LogP contribution in [0.15, 0.2) is 0 Å². The first kappa shape index (κ1) is 26.6. The van der Waals surface area contributed by atoms with E-state index in [4.69, 9.17) is 14.0 Å². The van der Waals surface area contributed by atoms with Crippen LogP contribution >= 0.6 is 0 Å². The number of hydrogen-bond acceptors (Lipinski definition) is 6. The highest BCUT2D eigenvalue weighted by Crippen LogP contribution is 2.41. The fourth-order valence-electron chi connectivity index (χ4n) is 4.58. The lowest BCUT2D eigenvalue weighted by Crippen LogP contribution is -2.69. The van der Waals surface area contributed by atoms with Gasteiger partial charge in [0.15, 0.2) is 5.54 Å². The van der Waals surface area contributed by atoms with Gasteiger partial charge in [0.1, 0.15) is 6.10 Å². The fourth-order valence-corrected chi connectivity index (χ4v) is 4.58.